The number of aromatic nitrogens is 3. The molecular formula is C22H26ClN5O2. The Labute approximate surface area is 181 Å². The molecular weight excluding hydrogens is 402 g/mol. The molecule has 0 atom stereocenters. The van der Waals surface area contributed by atoms with Crippen molar-refractivity contribution in [2.45, 2.75) is 26.8 Å². The SMILES string of the molecule is Cc1ccc(NC(=O)c2cnc3c(c(C)nn3CCCN3CCOCC3)c2Cl)cc1. The fourth-order valence-corrected chi connectivity index (χ4v) is 4.05. The summed E-state index contributed by atoms with van der Waals surface area (Å²) in [5.74, 6) is -0.280. The Hall–Kier alpha value is -2.48. The number of nitrogens with zero attached hydrogens (tertiary/aromatic N) is 4. The molecule has 2 aromatic heterocycles. The Morgan fingerprint density at radius 3 is 2.63 bits per heavy atom. The first-order valence-corrected chi connectivity index (χ1v) is 10.6. The number of carbonyl (C=O) groups excluding carboxylic acids is 1. The smallest absolute Gasteiger partial charge is 0.258 e. The van der Waals surface area contributed by atoms with Crippen LogP contribution in [0.5, 0.6) is 0 Å². The maximum absolute atomic E-state index is 12.8. The van der Waals surface area contributed by atoms with E-state index in [0.717, 1.165) is 68.1 Å². The number of halogens is 1. The van der Waals surface area contributed by atoms with Gasteiger partial charge in [-0.05, 0) is 32.4 Å². The van der Waals surface area contributed by atoms with Crippen molar-refractivity contribution in [2.24, 2.45) is 0 Å². The minimum absolute atomic E-state index is 0.280. The highest BCUT2D eigenvalue weighted by molar-refractivity contribution is 6.39. The van der Waals surface area contributed by atoms with Crippen molar-refractivity contribution in [1.29, 1.82) is 0 Å². The van der Waals surface area contributed by atoms with Crippen molar-refractivity contribution in [3.63, 3.8) is 0 Å². The number of aryl methyl sites for hydroxylation is 3. The molecule has 1 N–H and O–H groups in total. The molecule has 1 aromatic carbocycles. The van der Waals surface area contributed by atoms with Crippen LogP contribution in [0.15, 0.2) is 30.5 Å². The van der Waals surface area contributed by atoms with Crippen LogP contribution in [0.4, 0.5) is 5.69 Å². The lowest BCUT2D eigenvalue weighted by atomic mass is 10.2. The predicted molar refractivity (Wildman–Crippen MR) is 118 cm³/mol. The van der Waals surface area contributed by atoms with Crippen LogP contribution >= 0.6 is 11.6 Å². The molecule has 30 heavy (non-hydrogen) atoms. The van der Waals surface area contributed by atoms with E-state index in [1.807, 2.05) is 42.8 Å². The van der Waals surface area contributed by atoms with E-state index in [2.05, 4.69) is 20.3 Å². The van der Waals surface area contributed by atoms with E-state index in [0.29, 0.717) is 16.2 Å². The fraction of sp³-hybridized carbons (Fsp3) is 0.409. The number of ether oxygens (including phenoxy) is 1. The van der Waals surface area contributed by atoms with Gasteiger partial charge in [-0.3, -0.25) is 9.69 Å². The molecule has 3 heterocycles. The average molecular weight is 428 g/mol. The highest BCUT2D eigenvalue weighted by Crippen LogP contribution is 2.29. The lowest BCUT2D eigenvalue weighted by Gasteiger charge is -2.26. The van der Waals surface area contributed by atoms with E-state index in [4.69, 9.17) is 16.3 Å². The van der Waals surface area contributed by atoms with Gasteiger partial charge in [0.1, 0.15) is 0 Å². The van der Waals surface area contributed by atoms with Gasteiger partial charge in [-0.15, -0.1) is 0 Å². The second kappa shape index (κ2) is 9.12. The first kappa shape index (κ1) is 20.8. The predicted octanol–water partition coefficient (Wildman–Crippen LogP) is 3.68. The summed E-state index contributed by atoms with van der Waals surface area (Å²) in [6, 6.07) is 7.63. The van der Waals surface area contributed by atoms with Gasteiger partial charge in [0.25, 0.3) is 5.91 Å². The van der Waals surface area contributed by atoms with Crippen LogP contribution in [0.3, 0.4) is 0 Å². The summed E-state index contributed by atoms with van der Waals surface area (Å²) in [6.45, 7) is 9.19. The monoisotopic (exact) mass is 427 g/mol. The Kier molecular flexibility index (Phi) is 6.32. The molecule has 8 heteroatoms. The number of benzene rings is 1. The molecule has 1 amide bonds. The van der Waals surface area contributed by atoms with Gasteiger partial charge in [-0.1, -0.05) is 29.3 Å². The summed E-state index contributed by atoms with van der Waals surface area (Å²) in [6.07, 6.45) is 2.50. The van der Waals surface area contributed by atoms with Crippen LogP contribution in [0.2, 0.25) is 5.02 Å². The third-order valence-corrected chi connectivity index (χ3v) is 5.77. The zero-order chi connectivity index (χ0) is 21.1. The quantitative estimate of drug-likeness (QED) is 0.649. The number of fused-ring (bicyclic) bond motifs is 1. The number of morpholine rings is 1. The van der Waals surface area contributed by atoms with Gasteiger partial charge in [-0.25, -0.2) is 9.67 Å². The van der Waals surface area contributed by atoms with E-state index in [1.165, 1.54) is 6.20 Å². The third kappa shape index (κ3) is 4.48. The summed E-state index contributed by atoms with van der Waals surface area (Å²) in [5, 5.41) is 8.63. The highest BCUT2D eigenvalue weighted by atomic mass is 35.5. The number of amides is 1. The van der Waals surface area contributed by atoms with Crippen molar-refractivity contribution in [1.82, 2.24) is 19.7 Å². The molecule has 1 saturated heterocycles. The van der Waals surface area contributed by atoms with Crippen LogP contribution < -0.4 is 5.32 Å². The van der Waals surface area contributed by atoms with E-state index >= 15 is 0 Å². The zero-order valence-corrected chi connectivity index (χ0v) is 18.1. The van der Waals surface area contributed by atoms with Crippen LogP contribution in [-0.2, 0) is 11.3 Å². The molecule has 0 bridgehead atoms. The number of hydrogen-bond donors (Lipinski definition) is 1. The normalized spacial score (nSPS) is 14.9. The van der Waals surface area contributed by atoms with Gasteiger partial charge >= 0.3 is 0 Å². The zero-order valence-electron chi connectivity index (χ0n) is 17.3. The number of hydrogen-bond acceptors (Lipinski definition) is 5. The van der Waals surface area contributed by atoms with Crippen LogP contribution in [0.25, 0.3) is 11.0 Å². The van der Waals surface area contributed by atoms with Gasteiger partial charge in [-0.2, -0.15) is 5.10 Å². The largest absolute Gasteiger partial charge is 0.379 e. The Morgan fingerprint density at radius 1 is 1.17 bits per heavy atom. The first-order valence-electron chi connectivity index (χ1n) is 10.2. The summed E-state index contributed by atoms with van der Waals surface area (Å²) >= 11 is 6.63. The topological polar surface area (TPSA) is 72.3 Å². The maximum atomic E-state index is 12.8. The maximum Gasteiger partial charge on any atom is 0.258 e. The van der Waals surface area contributed by atoms with Gasteiger partial charge < -0.3 is 10.1 Å². The molecule has 0 radical (unpaired) electrons. The Balaban J connectivity index is 1.50. The van der Waals surface area contributed by atoms with Crippen molar-refractivity contribution in [2.75, 3.05) is 38.2 Å². The summed E-state index contributed by atoms with van der Waals surface area (Å²) in [7, 11) is 0. The molecule has 4 rings (SSSR count). The minimum Gasteiger partial charge on any atom is -0.379 e. The highest BCUT2D eigenvalue weighted by Gasteiger charge is 2.20. The Bertz CT molecular complexity index is 1040. The van der Waals surface area contributed by atoms with E-state index in [1.54, 1.807) is 0 Å². The lowest BCUT2D eigenvalue weighted by molar-refractivity contribution is 0.0368. The number of anilines is 1. The molecule has 158 valence electrons. The van der Waals surface area contributed by atoms with Gasteiger partial charge in [0, 0.05) is 38.1 Å². The first-order chi connectivity index (χ1) is 14.5. The molecule has 0 saturated carbocycles. The third-order valence-electron chi connectivity index (χ3n) is 5.37. The van der Waals surface area contributed by atoms with Crippen LogP contribution in [0.1, 0.15) is 28.0 Å². The average Bonchev–Trinajstić information content (AvgIpc) is 3.07. The van der Waals surface area contributed by atoms with Crippen molar-refractivity contribution < 1.29 is 9.53 Å². The molecule has 1 aliphatic heterocycles. The van der Waals surface area contributed by atoms with Gasteiger partial charge in [0.2, 0.25) is 0 Å². The molecule has 1 fully saturated rings. The van der Waals surface area contributed by atoms with Crippen molar-refractivity contribution in [3.8, 4) is 0 Å². The lowest BCUT2D eigenvalue weighted by Crippen LogP contribution is -2.37. The van der Waals surface area contributed by atoms with E-state index in [9.17, 15) is 4.79 Å². The van der Waals surface area contributed by atoms with Gasteiger partial charge in [0.15, 0.2) is 5.65 Å². The molecule has 3 aromatic rings. The second-order valence-corrected chi connectivity index (χ2v) is 8.00. The van der Waals surface area contributed by atoms with Crippen molar-refractivity contribution in [3.05, 3.63) is 52.3 Å². The summed E-state index contributed by atoms with van der Waals surface area (Å²) in [4.78, 5) is 19.7. The minimum atomic E-state index is -0.280. The van der Waals surface area contributed by atoms with E-state index in [-0.39, 0.29) is 5.91 Å². The number of carbonyl (C=O) groups is 1. The fourth-order valence-electron chi connectivity index (χ4n) is 3.69. The van der Waals surface area contributed by atoms with E-state index < -0.39 is 0 Å². The van der Waals surface area contributed by atoms with Crippen LogP contribution in [0, 0.1) is 13.8 Å². The standard InChI is InChI=1S/C22H26ClN5O2/c1-15-4-6-17(7-5-15)25-22(29)18-14-24-21-19(20(18)23)16(2)26-28(21)9-3-8-27-10-12-30-13-11-27/h4-7,14H,3,8-13H2,1-2H3,(H,25,29). The molecule has 7 nitrogen and oxygen atoms in total. The van der Waals surface area contributed by atoms with Crippen molar-refractivity contribution >= 4 is 34.2 Å². The van der Waals surface area contributed by atoms with Crippen LogP contribution in [-0.4, -0.2) is 58.4 Å². The number of nitrogens with one attached hydrogen (secondary N) is 1. The summed E-state index contributed by atoms with van der Waals surface area (Å²) in [5.41, 5.74) is 3.69. The molecule has 0 aliphatic carbocycles. The number of pyridine rings is 1. The molecule has 0 spiro atoms. The van der Waals surface area contributed by atoms with Gasteiger partial charge in [0.05, 0.1) is 34.9 Å². The Morgan fingerprint density at radius 2 is 1.90 bits per heavy atom. The molecule has 1 aliphatic rings. The second-order valence-electron chi connectivity index (χ2n) is 7.62. The molecule has 0 unspecified atom stereocenters. The summed E-state index contributed by atoms with van der Waals surface area (Å²) < 4.78 is 7.28. The number of rotatable bonds is 6.